The Hall–Kier alpha value is -3.19. The fourth-order valence-electron chi connectivity index (χ4n) is 4.55. The van der Waals surface area contributed by atoms with Gasteiger partial charge in [0.25, 0.3) is 0 Å². The number of anilines is 2. The summed E-state index contributed by atoms with van der Waals surface area (Å²) in [5.41, 5.74) is 2.45. The van der Waals surface area contributed by atoms with Crippen molar-refractivity contribution >= 4 is 11.4 Å². The first-order valence-corrected chi connectivity index (χ1v) is 10.6. The number of halogens is 3. The van der Waals surface area contributed by atoms with Gasteiger partial charge in [-0.1, -0.05) is 36.4 Å². The van der Waals surface area contributed by atoms with Gasteiger partial charge in [-0.15, -0.1) is 0 Å². The van der Waals surface area contributed by atoms with Gasteiger partial charge in [0, 0.05) is 35.9 Å². The zero-order valence-electron chi connectivity index (χ0n) is 17.6. The van der Waals surface area contributed by atoms with Crippen LogP contribution in [0.1, 0.15) is 36.1 Å². The van der Waals surface area contributed by atoms with Crippen molar-refractivity contribution in [2.75, 3.05) is 16.9 Å². The second kappa shape index (κ2) is 7.74. The third-order valence-corrected chi connectivity index (χ3v) is 6.18. The molecule has 2 aliphatic rings. The summed E-state index contributed by atoms with van der Waals surface area (Å²) in [6.45, 7) is 3.16. The summed E-state index contributed by atoms with van der Waals surface area (Å²) in [7, 11) is 0. The van der Waals surface area contributed by atoms with Gasteiger partial charge >= 0.3 is 6.18 Å². The quantitative estimate of drug-likeness (QED) is 0.529. The Bertz CT molecular complexity index is 1130. The second-order valence-corrected chi connectivity index (χ2v) is 8.46. The Kier molecular flexibility index (Phi) is 5.01. The third-order valence-electron chi connectivity index (χ3n) is 6.18. The molecule has 0 saturated carbocycles. The highest BCUT2D eigenvalue weighted by Crippen LogP contribution is 2.44. The van der Waals surface area contributed by atoms with Crippen molar-refractivity contribution in [1.29, 1.82) is 0 Å². The number of para-hydroxylation sites is 1. The van der Waals surface area contributed by atoms with Crippen LogP contribution < -0.4 is 20.3 Å². The van der Waals surface area contributed by atoms with Gasteiger partial charge in [0.15, 0.2) is 5.72 Å². The smallest absolute Gasteiger partial charge is 0.416 e. The Labute approximate surface area is 185 Å². The van der Waals surface area contributed by atoms with Gasteiger partial charge in [-0.3, -0.25) is 5.32 Å². The number of fused-ring (bicyclic) bond motifs is 4. The molecule has 1 saturated heterocycles. The van der Waals surface area contributed by atoms with Gasteiger partial charge in [0.05, 0.1) is 12.2 Å². The van der Waals surface area contributed by atoms with Gasteiger partial charge in [-0.2, -0.15) is 13.2 Å². The summed E-state index contributed by atoms with van der Waals surface area (Å²) < 4.78 is 45.3. The largest absolute Gasteiger partial charge is 0.468 e. The fraction of sp³-hybridized carbons (Fsp3) is 0.280. The Morgan fingerprint density at radius 2 is 1.88 bits per heavy atom. The maximum absolute atomic E-state index is 13.0. The molecule has 32 heavy (non-hydrogen) atoms. The Balaban J connectivity index is 1.34. The average Bonchev–Trinajstić information content (AvgIpc) is 2.77. The highest BCUT2D eigenvalue weighted by molar-refractivity contribution is 5.54. The van der Waals surface area contributed by atoms with Crippen molar-refractivity contribution in [3.63, 3.8) is 0 Å². The molecule has 2 N–H and O–H groups in total. The lowest BCUT2D eigenvalue weighted by Crippen LogP contribution is -2.62. The standard InChI is InChI=1S/C25H24F3N3O/c1-24-14-22(21-10-2-3-11-23(21)32-24)30-16-31(24)20-9-4-6-17(12-20)15-29-19-8-5-7-18(13-19)25(26,27)28/h2-13,22,29-30H,14-16H2,1H3. The van der Waals surface area contributed by atoms with Crippen molar-refractivity contribution < 1.29 is 17.9 Å². The number of nitrogens with zero attached hydrogens (tertiary/aromatic N) is 1. The Morgan fingerprint density at radius 1 is 1.06 bits per heavy atom. The number of rotatable bonds is 4. The molecule has 0 amide bonds. The zero-order chi connectivity index (χ0) is 22.3. The van der Waals surface area contributed by atoms with E-state index < -0.39 is 17.5 Å². The molecule has 5 rings (SSSR count). The molecule has 2 aliphatic heterocycles. The van der Waals surface area contributed by atoms with Crippen LogP contribution in [0.15, 0.2) is 72.8 Å². The maximum Gasteiger partial charge on any atom is 0.416 e. The van der Waals surface area contributed by atoms with Gasteiger partial charge in [-0.25, -0.2) is 0 Å². The van der Waals surface area contributed by atoms with Crippen LogP contribution in [0.25, 0.3) is 0 Å². The minimum Gasteiger partial charge on any atom is -0.468 e. The van der Waals surface area contributed by atoms with Crippen LogP contribution in [-0.4, -0.2) is 12.4 Å². The number of ether oxygens (including phenoxy) is 1. The first-order valence-electron chi connectivity index (χ1n) is 10.6. The van der Waals surface area contributed by atoms with Crippen molar-refractivity contribution in [1.82, 2.24) is 5.32 Å². The first kappa shape index (κ1) is 20.7. The minimum atomic E-state index is -4.36. The van der Waals surface area contributed by atoms with Crippen molar-refractivity contribution in [2.45, 2.75) is 37.8 Å². The molecule has 0 aliphatic carbocycles. The van der Waals surface area contributed by atoms with E-state index in [1.165, 1.54) is 11.6 Å². The van der Waals surface area contributed by atoms with Crippen LogP contribution in [0, 0.1) is 0 Å². The zero-order valence-corrected chi connectivity index (χ0v) is 17.6. The molecular formula is C25H24F3N3O. The molecule has 0 spiro atoms. The normalized spacial score (nSPS) is 22.1. The van der Waals surface area contributed by atoms with Crippen molar-refractivity contribution in [3.05, 3.63) is 89.5 Å². The van der Waals surface area contributed by atoms with Crippen LogP contribution in [0.3, 0.4) is 0 Å². The molecule has 2 unspecified atom stereocenters. The molecule has 2 bridgehead atoms. The van der Waals surface area contributed by atoms with E-state index in [1.807, 2.05) is 36.4 Å². The highest BCUT2D eigenvalue weighted by atomic mass is 19.4. The molecule has 7 heteroatoms. The van der Waals surface area contributed by atoms with E-state index >= 15 is 0 Å². The van der Waals surface area contributed by atoms with Crippen LogP contribution in [-0.2, 0) is 12.7 Å². The summed E-state index contributed by atoms with van der Waals surface area (Å²) in [4.78, 5) is 2.20. The predicted molar refractivity (Wildman–Crippen MR) is 119 cm³/mol. The van der Waals surface area contributed by atoms with E-state index in [0.717, 1.165) is 35.6 Å². The van der Waals surface area contributed by atoms with Crippen LogP contribution in [0.5, 0.6) is 5.75 Å². The van der Waals surface area contributed by atoms with E-state index in [9.17, 15) is 13.2 Å². The van der Waals surface area contributed by atoms with Gasteiger partial charge < -0.3 is 15.0 Å². The van der Waals surface area contributed by atoms with E-state index in [2.05, 4.69) is 34.6 Å². The van der Waals surface area contributed by atoms with Gasteiger partial charge in [0.2, 0.25) is 0 Å². The van der Waals surface area contributed by atoms with E-state index in [0.29, 0.717) is 18.9 Å². The fourth-order valence-corrected chi connectivity index (χ4v) is 4.55. The van der Waals surface area contributed by atoms with Crippen LogP contribution in [0.2, 0.25) is 0 Å². The average molecular weight is 439 g/mol. The molecule has 0 aromatic heterocycles. The number of nitrogens with one attached hydrogen (secondary N) is 2. The number of alkyl halides is 3. The van der Waals surface area contributed by atoms with E-state index in [-0.39, 0.29) is 6.04 Å². The predicted octanol–water partition coefficient (Wildman–Crippen LogP) is 5.92. The first-order chi connectivity index (χ1) is 15.3. The summed E-state index contributed by atoms with van der Waals surface area (Å²) in [5.74, 6) is 0.894. The maximum atomic E-state index is 13.0. The lowest BCUT2D eigenvalue weighted by Gasteiger charge is -2.52. The monoisotopic (exact) mass is 439 g/mol. The molecule has 1 fully saturated rings. The third kappa shape index (κ3) is 3.88. The second-order valence-electron chi connectivity index (χ2n) is 8.46. The summed E-state index contributed by atoms with van der Waals surface area (Å²) in [6.07, 6.45) is -3.54. The van der Waals surface area contributed by atoms with Crippen LogP contribution >= 0.6 is 0 Å². The summed E-state index contributed by atoms with van der Waals surface area (Å²) in [6, 6.07) is 21.6. The van der Waals surface area contributed by atoms with Gasteiger partial charge in [-0.05, 0) is 48.9 Å². The topological polar surface area (TPSA) is 36.5 Å². The van der Waals surface area contributed by atoms with Crippen molar-refractivity contribution in [3.8, 4) is 5.75 Å². The molecule has 0 radical (unpaired) electrons. The molecular weight excluding hydrogens is 415 g/mol. The number of benzene rings is 3. The Morgan fingerprint density at radius 3 is 2.72 bits per heavy atom. The van der Waals surface area contributed by atoms with E-state index in [4.69, 9.17) is 4.74 Å². The number of hydrogen-bond donors (Lipinski definition) is 2. The molecule has 2 atom stereocenters. The molecule has 2 heterocycles. The SMILES string of the molecule is CC12CC(NCN1c1cccc(CNc3cccc(C(F)(F)F)c3)c1)c1ccccc1O2. The van der Waals surface area contributed by atoms with Crippen LogP contribution in [0.4, 0.5) is 24.5 Å². The highest BCUT2D eigenvalue weighted by Gasteiger charge is 2.45. The van der Waals surface area contributed by atoms with E-state index in [1.54, 1.807) is 6.07 Å². The molecule has 3 aromatic rings. The van der Waals surface area contributed by atoms with Gasteiger partial charge in [0.1, 0.15) is 5.75 Å². The summed E-state index contributed by atoms with van der Waals surface area (Å²) >= 11 is 0. The molecule has 4 nitrogen and oxygen atoms in total. The number of hydrogen-bond acceptors (Lipinski definition) is 4. The summed E-state index contributed by atoms with van der Waals surface area (Å²) in [5, 5.41) is 6.71. The molecule has 3 aromatic carbocycles. The molecule has 166 valence electrons. The van der Waals surface area contributed by atoms with Crippen molar-refractivity contribution in [2.24, 2.45) is 0 Å². The lowest BCUT2D eigenvalue weighted by atomic mass is 9.90. The lowest BCUT2D eigenvalue weighted by molar-refractivity contribution is -0.137. The minimum absolute atomic E-state index is 0.243.